The van der Waals surface area contributed by atoms with E-state index in [4.69, 9.17) is 4.74 Å². The highest BCUT2D eigenvalue weighted by molar-refractivity contribution is 7.89. The number of carbonyl (C=O) groups is 1. The minimum Gasteiger partial charge on any atom is -0.461 e. The van der Waals surface area contributed by atoms with Crippen molar-refractivity contribution in [1.29, 1.82) is 0 Å². The maximum Gasteiger partial charge on any atom is 0.309 e. The Morgan fingerprint density at radius 3 is 2.55 bits per heavy atom. The summed E-state index contributed by atoms with van der Waals surface area (Å²) >= 11 is 0. The molecule has 0 aromatic heterocycles. The summed E-state index contributed by atoms with van der Waals surface area (Å²) in [5.41, 5.74) is 2.76. The van der Waals surface area contributed by atoms with E-state index in [0.29, 0.717) is 6.54 Å². The molecule has 29 heavy (non-hydrogen) atoms. The quantitative estimate of drug-likeness (QED) is 0.513. The highest BCUT2D eigenvalue weighted by Gasteiger charge is 2.33. The van der Waals surface area contributed by atoms with E-state index >= 15 is 0 Å². The van der Waals surface area contributed by atoms with Crippen molar-refractivity contribution in [3.05, 3.63) is 90.0 Å². The van der Waals surface area contributed by atoms with Crippen LogP contribution in [-0.2, 0) is 26.2 Å². The van der Waals surface area contributed by atoms with Crippen molar-refractivity contribution in [2.24, 2.45) is 5.92 Å². The minimum absolute atomic E-state index is 0.114. The summed E-state index contributed by atoms with van der Waals surface area (Å²) in [4.78, 5) is 12.2. The summed E-state index contributed by atoms with van der Waals surface area (Å²) in [6.07, 6.45) is 3.71. The van der Waals surface area contributed by atoms with Gasteiger partial charge in [-0.3, -0.25) is 4.79 Å². The summed E-state index contributed by atoms with van der Waals surface area (Å²) in [6, 6.07) is 16.3. The number of benzene rings is 2. The first kappa shape index (κ1) is 21.0. The van der Waals surface area contributed by atoms with Crippen LogP contribution in [0.15, 0.2) is 83.8 Å². The highest BCUT2D eigenvalue weighted by Crippen LogP contribution is 2.28. The Morgan fingerprint density at radius 1 is 1.17 bits per heavy atom. The van der Waals surface area contributed by atoms with Crippen molar-refractivity contribution in [2.75, 3.05) is 13.1 Å². The van der Waals surface area contributed by atoms with Gasteiger partial charge in [-0.1, -0.05) is 72.3 Å². The first-order chi connectivity index (χ1) is 13.9. The third-order valence-corrected chi connectivity index (χ3v) is 6.68. The number of hydrogen-bond acceptors (Lipinski definition) is 4. The molecule has 5 nitrogen and oxygen atoms in total. The Kier molecular flexibility index (Phi) is 6.67. The van der Waals surface area contributed by atoms with Gasteiger partial charge in [-0.05, 0) is 24.6 Å². The fraction of sp³-hybridized carbons (Fsp3) is 0.261. The van der Waals surface area contributed by atoms with E-state index in [1.165, 1.54) is 4.31 Å². The number of carbonyl (C=O) groups excluding carboxylic acids is 1. The summed E-state index contributed by atoms with van der Waals surface area (Å²) in [7, 11) is -3.55. The molecule has 1 saturated heterocycles. The summed E-state index contributed by atoms with van der Waals surface area (Å²) in [5.74, 6) is -0.435. The third kappa shape index (κ3) is 5.43. The molecule has 0 amide bonds. The molecule has 1 fully saturated rings. The Labute approximate surface area is 172 Å². The van der Waals surface area contributed by atoms with Crippen molar-refractivity contribution >= 4 is 16.0 Å². The normalized spacial score (nSPS) is 17.7. The number of ether oxygens (including phenoxy) is 1. The van der Waals surface area contributed by atoms with E-state index in [2.05, 4.69) is 6.58 Å². The lowest BCUT2D eigenvalue weighted by Crippen LogP contribution is -2.28. The van der Waals surface area contributed by atoms with Crippen molar-refractivity contribution in [1.82, 2.24) is 4.31 Å². The van der Waals surface area contributed by atoms with E-state index in [0.717, 1.165) is 16.7 Å². The Balaban J connectivity index is 1.53. The Hall–Kier alpha value is -2.70. The summed E-state index contributed by atoms with van der Waals surface area (Å²) < 4.78 is 32.3. The van der Waals surface area contributed by atoms with Crippen LogP contribution in [-0.4, -0.2) is 31.8 Å². The molecule has 2 aromatic carbocycles. The number of aryl methyl sites for hydroxylation is 1. The van der Waals surface area contributed by atoms with E-state index < -0.39 is 10.0 Å². The van der Waals surface area contributed by atoms with Gasteiger partial charge in [0.2, 0.25) is 10.0 Å². The highest BCUT2D eigenvalue weighted by atomic mass is 32.2. The van der Waals surface area contributed by atoms with Crippen molar-refractivity contribution in [3.8, 4) is 0 Å². The molecule has 152 valence electrons. The van der Waals surface area contributed by atoms with E-state index in [9.17, 15) is 13.2 Å². The smallest absolute Gasteiger partial charge is 0.309 e. The lowest BCUT2D eigenvalue weighted by molar-refractivity contribution is -0.143. The molecule has 1 unspecified atom stereocenters. The van der Waals surface area contributed by atoms with Crippen molar-refractivity contribution in [3.63, 3.8) is 0 Å². The van der Waals surface area contributed by atoms with E-state index in [1.54, 1.807) is 30.3 Å². The van der Waals surface area contributed by atoms with E-state index in [-0.39, 0.29) is 36.4 Å². The second-order valence-electron chi connectivity index (χ2n) is 7.15. The average Bonchev–Trinajstić information content (AvgIpc) is 3.09. The molecule has 3 rings (SSSR count). The first-order valence-corrected chi connectivity index (χ1v) is 10.9. The van der Waals surface area contributed by atoms with Gasteiger partial charge in [0.15, 0.2) is 0 Å². The van der Waals surface area contributed by atoms with Gasteiger partial charge < -0.3 is 4.74 Å². The number of sulfonamides is 1. The van der Waals surface area contributed by atoms with Crippen LogP contribution >= 0.6 is 0 Å². The van der Waals surface area contributed by atoms with Crippen LogP contribution < -0.4 is 0 Å². The van der Waals surface area contributed by atoms with E-state index in [1.807, 2.05) is 43.3 Å². The SMILES string of the molecule is C=C1CN(S(=O)(=O)c2ccc(C)cc2)CC1/C=C/CC(=O)OCc1ccccc1. The van der Waals surface area contributed by atoms with Gasteiger partial charge in [-0.15, -0.1) is 0 Å². The summed E-state index contributed by atoms with van der Waals surface area (Å²) in [5, 5.41) is 0. The van der Waals surface area contributed by atoms with Gasteiger partial charge in [0, 0.05) is 19.0 Å². The minimum atomic E-state index is -3.55. The molecule has 0 aliphatic carbocycles. The largest absolute Gasteiger partial charge is 0.461 e. The van der Waals surface area contributed by atoms with Crippen LogP contribution in [0.25, 0.3) is 0 Å². The Bertz CT molecular complexity index is 995. The molecular weight excluding hydrogens is 386 g/mol. The maximum absolute atomic E-state index is 12.8. The van der Waals surface area contributed by atoms with Crippen LogP contribution in [0.3, 0.4) is 0 Å². The van der Waals surface area contributed by atoms with Crippen LogP contribution in [0.1, 0.15) is 17.5 Å². The molecule has 2 aromatic rings. The van der Waals surface area contributed by atoms with Crippen LogP contribution in [0.2, 0.25) is 0 Å². The predicted octanol–water partition coefficient (Wildman–Crippen LogP) is 3.86. The molecule has 0 radical (unpaired) electrons. The number of rotatable bonds is 7. The lowest BCUT2D eigenvalue weighted by atomic mass is 10.0. The fourth-order valence-corrected chi connectivity index (χ4v) is 4.59. The molecule has 1 heterocycles. The molecule has 0 bridgehead atoms. The molecule has 0 saturated carbocycles. The molecule has 0 N–H and O–H groups in total. The van der Waals surface area contributed by atoms with Gasteiger partial charge in [0.25, 0.3) is 0 Å². The van der Waals surface area contributed by atoms with Gasteiger partial charge >= 0.3 is 5.97 Å². The predicted molar refractivity (Wildman–Crippen MR) is 113 cm³/mol. The Morgan fingerprint density at radius 2 is 1.86 bits per heavy atom. The second kappa shape index (κ2) is 9.20. The first-order valence-electron chi connectivity index (χ1n) is 9.47. The number of esters is 1. The van der Waals surface area contributed by atoms with Gasteiger partial charge in [0.05, 0.1) is 11.3 Å². The van der Waals surface area contributed by atoms with Crippen LogP contribution in [0.5, 0.6) is 0 Å². The third-order valence-electron chi connectivity index (χ3n) is 4.86. The van der Waals surface area contributed by atoms with Crippen LogP contribution in [0, 0.1) is 12.8 Å². The monoisotopic (exact) mass is 411 g/mol. The fourth-order valence-electron chi connectivity index (χ4n) is 3.12. The topological polar surface area (TPSA) is 63.7 Å². The average molecular weight is 412 g/mol. The molecule has 1 aliphatic heterocycles. The number of nitrogens with zero attached hydrogens (tertiary/aromatic N) is 1. The zero-order valence-electron chi connectivity index (χ0n) is 16.5. The van der Waals surface area contributed by atoms with Gasteiger partial charge in [0.1, 0.15) is 6.61 Å². The molecule has 6 heteroatoms. The lowest BCUT2D eigenvalue weighted by Gasteiger charge is -2.15. The van der Waals surface area contributed by atoms with Crippen molar-refractivity contribution in [2.45, 2.75) is 24.8 Å². The maximum atomic E-state index is 12.8. The zero-order chi connectivity index (χ0) is 20.9. The zero-order valence-corrected chi connectivity index (χ0v) is 17.3. The molecular formula is C23H25NO4S. The molecule has 1 atom stereocenters. The summed E-state index contributed by atoms with van der Waals surface area (Å²) in [6.45, 7) is 6.77. The molecule has 1 aliphatic rings. The number of hydrogen-bond donors (Lipinski definition) is 0. The van der Waals surface area contributed by atoms with Crippen molar-refractivity contribution < 1.29 is 17.9 Å². The second-order valence-corrected chi connectivity index (χ2v) is 9.09. The molecule has 0 spiro atoms. The van der Waals surface area contributed by atoms with Gasteiger partial charge in [-0.2, -0.15) is 4.31 Å². The van der Waals surface area contributed by atoms with Gasteiger partial charge in [-0.25, -0.2) is 8.42 Å². The standard InChI is InChI=1S/C23H25NO4S/c1-18-11-13-22(14-12-18)29(26,27)24-15-19(2)21(16-24)9-6-10-23(25)28-17-20-7-4-3-5-8-20/h3-9,11-14,21H,2,10,15-17H2,1H3/b9-6+. The van der Waals surface area contributed by atoms with Crippen LogP contribution in [0.4, 0.5) is 0 Å².